The Bertz CT molecular complexity index is 971. The van der Waals surface area contributed by atoms with Crippen molar-refractivity contribution in [1.82, 2.24) is 9.97 Å². The van der Waals surface area contributed by atoms with Crippen LogP contribution in [-0.4, -0.2) is 23.1 Å². The summed E-state index contributed by atoms with van der Waals surface area (Å²) in [4.78, 5) is 11.0. The minimum atomic E-state index is 0.573. The first-order valence-electron chi connectivity index (χ1n) is 9.52. The normalized spacial score (nSPS) is 13.6. The van der Waals surface area contributed by atoms with Gasteiger partial charge in [0, 0.05) is 30.5 Å². The summed E-state index contributed by atoms with van der Waals surface area (Å²) in [7, 11) is 0. The minimum absolute atomic E-state index is 0.573. The molecule has 0 amide bonds. The van der Waals surface area contributed by atoms with Crippen molar-refractivity contribution < 1.29 is 0 Å². The van der Waals surface area contributed by atoms with Gasteiger partial charge >= 0.3 is 0 Å². The van der Waals surface area contributed by atoms with Gasteiger partial charge in [-0.2, -0.15) is 5.26 Å². The minimum Gasteiger partial charge on any atom is -0.372 e. The standard InChI is InChI=1S/C22H22N6/c23-15-17-6-2-3-7-20(17)27-22-14-21(24-16-25-22)26-18-8-10-19(11-9-18)28-12-4-1-5-13-28/h2-3,6-11,14,16H,1,4-5,12-13H2,(H2,24,25,26,27). The first kappa shape index (κ1) is 17.8. The molecule has 0 saturated carbocycles. The third-order valence-corrected chi connectivity index (χ3v) is 4.84. The molecular formula is C22H22N6. The zero-order valence-electron chi connectivity index (χ0n) is 15.6. The topological polar surface area (TPSA) is 76.9 Å². The van der Waals surface area contributed by atoms with Gasteiger partial charge in [-0.05, 0) is 55.7 Å². The summed E-state index contributed by atoms with van der Waals surface area (Å²) in [6.07, 6.45) is 5.37. The number of benzene rings is 2. The molecule has 0 atom stereocenters. The van der Waals surface area contributed by atoms with Crippen molar-refractivity contribution >= 4 is 28.7 Å². The second-order valence-electron chi connectivity index (χ2n) is 6.79. The van der Waals surface area contributed by atoms with Gasteiger partial charge in [0.2, 0.25) is 0 Å². The molecule has 1 fully saturated rings. The fourth-order valence-electron chi connectivity index (χ4n) is 3.38. The first-order chi connectivity index (χ1) is 13.8. The zero-order valence-corrected chi connectivity index (χ0v) is 15.6. The lowest BCUT2D eigenvalue weighted by Gasteiger charge is -2.28. The highest BCUT2D eigenvalue weighted by molar-refractivity contribution is 5.67. The van der Waals surface area contributed by atoms with Crippen LogP contribution in [0.1, 0.15) is 24.8 Å². The molecule has 0 bridgehead atoms. The van der Waals surface area contributed by atoms with Crippen LogP contribution in [0.3, 0.4) is 0 Å². The van der Waals surface area contributed by atoms with E-state index >= 15 is 0 Å². The molecule has 4 rings (SSSR count). The second-order valence-corrected chi connectivity index (χ2v) is 6.79. The Morgan fingerprint density at radius 1 is 0.857 bits per heavy atom. The highest BCUT2D eigenvalue weighted by Crippen LogP contribution is 2.24. The van der Waals surface area contributed by atoms with Crippen LogP contribution in [0.4, 0.5) is 28.7 Å². The quantitative estimate of drug-likeness (QED) is 0.670. The van der Waals surface area contributed by atoms with E-state index in [1.807, 2.05) is 24.3 Å². The molecule has 1 aromatic heterocycles. The summed E-state index contributed by atoms with van der Waals surface area (Å²) in [5.41, 5.74) is 3.54. The average Bonchev–Trinajstić information content (AvgIpc) is 2.76. The maximum atomic E-state index is 9.22. The van der Waals surface area contributed by atoms with Crippen LogP contribution in [-0.2, 0) is 0 Å². The fourth-order valence-corrected chi connectivity index (χ4v) is 3.38. The summed E-state index contributed by atoms with van der Waals surface area (Å²) >= 11 is 0. The van der Waals surface area contributed by atoms with Crippen LogP contribution >= 0.6 is 0 Å². The SMILES string of the molecule is N#Cc1ccccc1Nc1cc(Nc2ccc(N3CCCCC3)cc2)ncn1. The van der Waals surface area contributed by atoms with Gasteiger partial charge in [0.15, 0.2) is 0 Å². The van der Waals surface area contributed by atoms with E-state index in [2.05, 4.69) is 55.8 Å². The largest absolute Gasteiger partial charge is 0.372 e. The summed E-state index contributed by atoms with van der Waals surface area (Å²) in [5.74, 6) is 1.32. The van der Waals surface area contributed by atoms with Crippen molar-refractivity contribution in [3.05, 3.63) is 66.5 Å². The van der Waals surface area contributed by atoms with E-state index in [1.54, 1.807) is 6.07 Å². The van der Waals surface area contributed by atoms with Gasteiger partial charge < -0.3 is 15.5 Å². The molecule has 3 aromatic rings. The Balaban J connectivity index is 1.45. The van der Waals surface area contributed by atoms with Crippen LogP contribution in [0.25, 0.3) is 0 Å². The number of hydrogen-bond donors (Lipinski definition) is 2. The Labute approximate surface area is 164 Å². The van der Waals surface area contributed by atoms with Gasteiger partial charge in [-0.3, -0.25) is 0 Å². The van der Waals surface area contributed by atoms with Gasteiger partial charge in [0.25, 0.3) is 0 Å². The Morgan fingerprint density at radius 3 is 2.32 bits per heavy atom. The molecule has 0 spiro atoms. The molecule has 6 nitrogen and oxygen atoms in total. The highest BCUT2D eigenvalue weighted by Gasteiger charge is 2.10. The molecule has 6 heteroatoms. The lowest BCUT2D eigenvalue weighted by atomic mass is 10.1. The number of nitriles is 1. The Hall–Kier alpha value is -3.59. The van der Waals surface area contributed by atoms with E-state index in [4.69, 9.17) is 0 Å². The molecule has 140 valence electrons. The number of anilines is 5. The van der Waals surface area contributed by atoms with Crippen molar-refractivity contribution in [2.45, 2.75) is 19.3 Å². The predicted molar refractivity (Wildman–Crippen MR) is 112 cm³/mol. The number of para-hydroxylation sites is 1. The molecule has 0 unspecified atom stereocenters. The summed E-state index contributed by atoms with van der Waals surface area (Å²) in [6, 6.07) is 19.8. The third-order valence-electron chi connectivity index (χ3n) is 4.84. The van der Waals surface area contributed by atoms with Crippen LogP contribution in [0.2, 0.25) is 0 Å². The van der Waals surface area contributed by atoms with E-state index in [9.17, 15) is 5.26 Å². The third kappa shape index (κ3) is 4.21. The van der Waals surface area contributed by atoms with Gasteiger partial charge in [-0.25, -0.2) is 9.97 Å². The maximum absolute atomic E-state index is 9.22. The number of nitrogens with zero attached hydrogens (tertiary/aromatic N) is 4. The monoisotopic (exact) mass is 370 g/mol. The predicted octanol–water partition coefficient (Wildman–Crippen LogP) is 4.83. The molecule has 28 heavy (non-hydrogen) atoms. The summed E-state index contributed by atoms with van der Waals surface area (Å²) < 4.78 is 0. The van der Waals surface area contributed by atoms with Gasteiger partial charge in [-0.1, -0.05) is 12.1 Å². The fraction of sp³-hybridized carbons (Fsp3) is 0.227. The molecule has 2 N–H and O–H groups in total. The molecular weight excluding hydrogens is 348 g/mol. The van der Waals surface area contributed by atoms with Crippen LogP contribution in [0.15, 0.2) is 60.9 Å². The Morgan fingerprint density at radius 2 is 1.57 bits per heavy atom. The van der Waals surface area contributed by atoms with Crippen molar-refractivity contribution in [1.29, 1.82) is 5.26 Å². The molecule has 1 aliphatic heterocycles. The van der Waals surface area contributed by atoms with E-state index < -0.39 is 0 Å². The summed E-state index contributed by atoms with van der Waals surface area (Å²) in [6.45, 7) is 2.27. The molecule has 2 aromatic carbocycles. The van der Waals surface area contributed by atoms with Gasteiger partial charge in [-0.15, -0.1) is 0 Å². The van der Waals surface area contributed by atoms with E-state index in [1.165, 1.54) is 31.3 Å². The first-order valence-corrected chi connectivity index (χ1v) is 9.52. The van der Waals surface area contributed by atoms with Crippen molar-refractivity contribution in [3.8, 4) is 6.07 Å². The molecule has 2 heterocycles. The van der Waals surface area contributed by atoms with Gasteiger partial charge in [0.05, 0.1) is 11.3 Å². The smallest absolute Gasteiger partial charge is 0.135 e. The van der Waals surface area contributed by atoms with Crippen molar-refractivity contribution in [2.24, 2.45) is 0 Å². The molecule has 1 saturated heterocycles. The second kappa shape index (κ2) is 8.40. The van der Waals surface area contributed by atoms with Crippen molar-refractivity contribution in [2.75, 3.05) is 28.6 Å². The number of hydrogen-bond acceptors (Lipinski definition) is 6. The van der Waals surface area contributed by atoms with E-state index in [-0.39, 0.29) is 0 Å². The van der Waals surface area contributed by atoms with E-state index in [0.29, 0.717) is 17.2 Å². The molecule has 1 aliphatic rings. The van der Waals surface area contributed by atoms with Gasteiger partial charge in [0.1, 0.15) is 24.0 Å². The van der Waals surface area contributed by atoms with Crippen LogP contribution < -0.4 is 15.5 Å². The number of nitrogens with one attached hydrogen (secondary N) is 2. The van der Waals surface area contributed by atoms with Crippen molar-refractivity contribution in [3.63, 3.8) is 0 Å². The average molecular weight is 370 g/mol. The molecule has 0 radical (unpaired) electrons. The maximum Gasteiger partial charge on any atom is 0.135 e. The number of rotatable bonds is 5. The lowest BCUT2D eigenvalue weighted by Crippen LogP contribution is -2.29. The lowest BCUT2D eigenvalue weighted by molar-refractivity contribution is 0.578. The number of piperidine rings is 1. The zero-order chi connectivity index (χ0) is 19.2. The number of aromatic nitrogens is 2. The van der Waals surface area contributed by atoms with Crippen LogP contribution in [0.5, 0.6) is 0 Å². The summed E-state index contributed by atoms with van der Waals surface area (Å²) in [5, 5.41) is 15.7. The Kier molecular flexibility index (Phi) is 5.34. The van der Waals surface area contributed by atoms with E-state index in [0.717, 1.165) is 24.5 Å². The van der Waals surface area contributed by atoms with Crippen LogP contribution in [0, 0.1) is 11.3 Å². The highest BCUT2D eigenvalue weighted by atomic mass is 15.1. The molecule has 0 aliphatic carbocycles.